The summed E-state index contributed by atoms with van der Waals surface area (Å²) in [6.07, 6.45) is 3.03. The minimum atomic E-state index is -0.454. The number of benzene rings is 2. The number of methoxy groups -OCH3 is 1. The van der Waals surface area contributed by atoms with E-state index in [1.54, 1.807) is 30.3 Å². The Labute approximate surface area is 138 Å². The van der Waals surface area contributed by atoms with Crippen molar-refractivity contribution in [3.05, 3.63) is 65.9 Å². The summed E-state index contributed by atoms with van der Waals surface area (Å²) in [6.45, 7) is 0. The molecule has 6 heteroatoms. The number of nitrogens with zero attached hydrogens (tertiary/aromatic N) is 1. The molecule has 1 heterocycles. The van der Waals surface area contributed by atoms with E-state index in [2.05, 4.69) is 20.3 Å². The van der Waals surface area contributed by atoms with Gasteiger partial charge in [0.2, 0.25) is 5.91 Å². The summed E-state index contributed by atoms with van der Waals surface area (Å²) in [6, 6.07) is 14.2. The molecule has 0 saturated carbocycles. The van der Waals surface area contributed by atoms with Crippen LogP contribution in [-0.4, -0.2) is 29.2 Å². The van der Waals surface area contributed by atoms with Crippen LogP contribution in [0.5, 0.6) is 0 Å². The normalized spacial score (nSPS) is 10.9. The first-order valence-corrected chi connectivity index (χ1v) is 7.28. The highest BCUT2D eigenvalue weighted by Gasteiger charge is 2.07. The number of fused-ring (bicyclic) bond motifs is 1. The number of hydrogen-bond donors (Lipinski definition) is 2. The first-order chi connectivity index (χ1) is 11.7. The molecule has 24 heavy (non-hydrogen) atoms. The number of ether oxygens (including phenoxy) is 1. The fraction of sp³-hybridized carbons (Fsp3) is 0.0556. The van der Waals surface area contributed by atoms with E-state index in [1.807, 2.05) is 24.3 Å². The van der Waals surface area contributed by atoms with Crippen molar-refractivity contribution < 1.29 is 14.3 Å². The molecule has 1 aromatic heterocycles. The SMILES string of the molecule is COC(=O)c1cccc(NC(=O)/C=C/c2n[nH]c3ccccc23)c1. The predicted octanol–water partition coefficient (Wildman–Crippen LogP) is 3.00. The number of anilines is 1. The smallest absolute Gasteiger partial charge is 0.337 e. The van der Waals surface area contributed by atoms with E-state index in [1.165, 1.54) is 13.2 Å². The zero-order valence-corrected chi connectivity index (χ0v) is 12.9. The Balaban J connectivity index is 1.73. The second-order valence-corrected chi connectivity index (χ2v) is 5.05. The molecule has 0 spiro atoms. The Morgan fingerprint density at radius 1 is 1.17 bits per heavy atom. The van der Waals surface area contributed by atoms with Crippen LogP contribution in [-0.2, 0) is 9.53 Å². The Hall–Kier alpha value is -3.41. The quantitative estimate of drug-likeness (QED) is 0.571. The summed E-state index contributed by atoms with van der Waals surface area (Å²) >= 11 is 0. The van der Waals surface area contributed by atoms with Crippen LogP contribution in [0, 0.1) is 0 Å². The van der Waals surface area contributed by atoms with Crippen LogP contribution in [0.4, 0.5) is 5.69 Å². The number of hydrogen-bond acceptors (Lipinski definition) is 4. The van der Waals surface area contributed by atoms with Gasteiger partial charge in [-0.3, -0.25) is 9.89 Å². The fourth-order valence-electron chi connectivity index (χ4n) is 2.29. The zero-order chi connectivity index (χ0) is 16.9. The molecule has 0 aliphatic heterocycles. The van der Waals surface area contributed by atoms with Gasteiger partial charge in [-0.1, -0.05) is 24.3 Å². The highest BCUT2D eigenvalue weighted by molar-refractivity contribution is 6.03. The Morgan fingerprint density at radius 2 is 2.00 bits per heavy atom. The molecule has 0 bridgehead atoms. The lowest BCUT2D eigenvalue weighted by Gasteiger charge is -2.04. The lowest BCUT2D eigenvalue weighted by Crippen LogP contribution is -2.09. The third-order valence-electron chi connectivity index (χ3n) is 3.44. The average Bonchev–Trinajstić information content (AvgIpc) is 3.03. The number of carbonyl (C=O) groups excluding carboxylic acids is 2. The third-order valence-corrected chi connectivity index (χ3v) is 3.44. The molecule has 0 radical (unpaired) electrons. The molecule has 2 aromatic carbocycles. The molecule has 120 valence electrons. The number of nitrogens with one attached hydrogen (secondary N) is 2. The molecule has 0 aliphatic rings. The van der Waals surface area contributed by atoms with E-state index in [9.17, 15) is 9.59 Å². The predicted molar refractivity (Wildman–Crippen MR) is 91.5 cm³/mol. The van der Waals surface area contributed by atoms with Crippen LogP contribution in [0.25, 0.3) is 17.0 Å². The van der Waals surface area contributed by atoms with Gasteiger partial charge in [-0.2, -0.15) is 5.10 Å². The Morgan fingerprint density at radius 3 is 2.83 bits per heavy atom. The minimum Gasteiger partial charge on any atom is -0.465 e. The van der Waals surface area contributed by atoms with Crippen molar-refractivity contribution >= 4 is 34.5 Å². The topological polar surface area (TPSA) is 84.1 Å². The third kappa shape index (κ3) is 3.33. The standard InChI is InChI=1S/C18H15N3O3/c1-24-18(23)12-5-4-6-13(11-12)19-17(22)10-9-16-14-7-2-3-8-15(14)20-21-16/h2-11H,1H3,(H,19,22)(H,20,21)/b10-9+. The summed E-state index contributed by atoms with van der Waals surface area (Å²) in [4.78, 5) is 23.5. The van der Waals surface area contributed by atoms with Gasteiger partial charge in [0.15, 0.2) is 0 Å². The number of carbonyl (C=O) groups is 2. The molecule has 2 N–H and O–H groups in total. The molecule has 3 rings (SSSR count). The Bertz CT molecular complexity index is 928. The molecule has 0 unspecified atom stereocenters. The minimum absolute atomic E-state index is 0.316. The first kappa shape index (κ1) is 15.5. The molecular formula is C18H15N3O3. The van der Waals surface area contributed by atoms with E-state index in [-0.39, 0.29) is 5.91 Å². The second kappa shape index (κ2) is 6.78. The van der Waals surface area contributed by atoms with Gasteiger partial charge in [0, 0.05) is 17.1 Å². The van der Waals surface area contributed by atoms with Gasteiger partial charge in [-0.05, 0) is 30.3 Å². The number of para-hydroxylation sites is 1. The van der Waals surface area contributed by atoms with Gasteiger partial charge in [-0.15, -0.1) is 0 Å². The van der Waals surface area contributed by atoms with Crippen LogP contribution < -0.4 is 5.32 Å². The van der Waals surface area contributed by atoms with E-state index < -0.39 is 5.97 Å². The van der Waals surface area contributed by atoms with Crippen LogP contribution in [0.15, 0.2) is 54.6 Å². The van der Waals surface area contributed by atoms with Crippen LogP contribution in [0.2, 0.25) is 0 Å². The molecule has 1 amide bonds. The zero-order valence-electron chi connectivity index (χ0n) is 12.9. The number of aromatic amines is 1. The lowest BCUT2D eigenvalue weighted by atomic mass is 10.2. The summed E-state index contributed by atoms with van der Waals surface area (Å²) in [7, 11) is 1.31. The number of H-pyrrole nitrogens is 1. The molecule has 6 nitrogen and oxygen atoms in total. The Kier molecular flexibility index (Phi) is 4.38. The van der Waals surface area contributed by atoms with Gasteiger partial charge in [0.05, 0.1) is 23.9 Å². The summed E-state index contributed by atoms with van der Waals surface area (Å²) in [5.74, 6) is -0.770. The van der Waals surface area contributed by atoms with Crippen LogP contribution in [0.1, 0.15) is 16.1 Å². The van der Waals surface area contributed by atoms with E-state index in [0.29, 0.717) is 16.9 Å². The van der Waals surface area contributed by atoms with Gasteiger partial charge in [0.1, 0.15) is 0 Å². The number of aromatic nitrogens is 2. The first-order valence-electron chi connectivity index (χ1n) is 7.28. The molecule has 3 aromatic rings. The molecule has 0 saturated heterocycles. The van der Waals surface area contributed by atoms with E-state index >= 15 is 0 Å². The van der Waals surface area contributed by atoms with E-state index in [4.69, 9.17) is 0 Å². The largest absolute Gasteiger partial charge is 0.465 e. The van der Waals surface area contributed by atoms with Crippen LogP contribution >= 0.6 is 0 Å². The second-order valence-electron chi connectivity index (χ2n) is 5.05. The molecular weight excluding hydrogens is 306 g/mol. The highest BCUT2D eigenvalue weighted by Crippen LogP contribution is 2.16. The van der Waals surface area contributed by atoms with Crippen LogP contribution in [0.3, 0.4) is 0 Å². The van der Waals surface area contributed by atoms with Crippen molar-refractivity contribution in [1.29, 1.82) is 0 Å². The monoisotopic (exact) mass is 321 g/mol. The maximum Gasteiger partial charge on any atom is 0.337 e. The molecule has 0 fully saturated rings. The van der Waals surface area contributed by atoms with Gasteiger partial charge in [-0.25, -0.2) is 4.79 Å². The van der Waals surface area contributed by atoms with Crippen molar-refractivity contribution in [2.75, 3.05) is 12.4 Å². The maximum absolute atomic E-state index is 12.0. The van der Waals surface area contributed by atoms with E-state index in [0.717, 1.165) is 10.9 Å². The molecule has 0 aliphatic carbocycles. The lowest BCUT2D eigenvalue weighted by molar-refractivity contribution is -0.111. The van der Waals surface area contributed by atoms with Crippen molar-refractivity contribution in [2.45, 2.75) is 0 Å². The van der Waals surface area contributed by atoms with Gasteiger partial charge < -0.3 is 10.1 Å². The maximum atomic E-state index is 12.0. The summed E-state index contributed by atoms with van der Waals surface area (Å²) in [5, 5.41) is 10.7. The molecule has 0 atom stereocenters. The van der Waals surface area contributed by atoms with Crippen molar-refractivity contribution in [3.8, 4) is 0 Å². The van der Waals surface area contributed by atoms with Gasteiger partial charge in [0.25, 0.3) is 0 Å². The van der Waals surface area contributed by atoms with Crippen molar-refractivity contribution in [3.63, 3.8) is 0 Å². The number of amides is 1. The number of esters is 1. The average molecular weight is 321 g/mol. The van der Waals surface area contributed by atoms with Crippen molar-refractivity contribution in [2.24, 2.45) is 0 Å². The van der Waals surface area contributed by atoms with Crippen molar-refractivity contribution in [1.82, 2.24) is 10.2 Å². The van der Waals surface area contributed by atoms with Gasteiger partial charge >= 0.3 is 5.97 Å². The fourth-order valence-corrected chi connectivity index (χ4v) is 2.29. The number of rotatable bonds is 4. The summed E-state index contributed by atoms with van der Waals surface area (Å²) < 4.78 is 4.66. The summed E-state index contributed by atoms with van der Waals surface area (Å²) in [5.41, 5.74) is 2.48. The highest BCUT2D eigenvalue weighted by atomic mass is 16.5.